The lowest BCUT2D eigenvalue weighted by molar-refractivity contribution is 0.0937. The molecule has 1 aromatic carbocycles. The Balaban J connectivity index is 0.00000274. The maximum Gasteiger partial charge on any atom is 0.292 e. The number of benzene rings is 1. The summed E-state index contributed by atoms with van der Waals surface area (Å²) in [5.74, 6) is 0.166. The van der Waals surface area contributed by atoms with E-state index >= 15 is 0 Å². The average molecular weight is 483 g/mol. The topological polar surface area (TPSA) is 96.2 Å². The van der Waals surface area contributed by atoms with Crippen molar-refractivity contribution in [2.24, 2.45) is 5.41 Å². The van der Waals surface area contributed by atoms with Gasteiger partial charge in [0.15, 0.2) is 0 Å². The van der Waals surface area contributed by atoms with Crippen LogP contribution in [0.5, 0.6) is 0 Å². The first-order valence-electron chi connectivity index (χ1n) is 11.4. The summed E-state index contributed by atoms with van der Waals surface area (Å²) in [7, 11) is 0. The zero-order valence-corrected chi connectivity index (χ0v) is 20.8. The van der Waals surface area contributed by atoms with Gasteiger partial charge in [0.1, 0.15) is 0 Å². The largest absolute Gasteiger partial charge is 0.368 e. The van der Waals surface area contributed by atoms with E-state index in [-0.39, 0.29) is 29.6 Å². The fraction of sp³-hybridized carbons (Fsp3) is 0.440. The van der Waals surface area contributed by atoms with Crippen LogP contribution in [0.25, 0.3) is 11.1 Å². The molecule has 0 atom stereocenters. The van der Waals surface area contributed by atoms with Gasteiger partial charge in [0.05, 0.1) is 11.9 Å². The summed E-state index contributed by atoms with van der Waals surface area (Å²) in [5.41, 5.74) is 5.84. The molecule has 0 saturated carbocycles. The summed E-state index contributed by atoms with van der Waals surface area (Å²) in [4.78, 5) is 23.5. The lowest BCUT2D eigenvalue weighted by Gasteiger charge is -2.57. The Kier molecular flexibility index (Phi) is 6.40. The van der Waals surface area contributed by atoms with Crippen molar-refractivity contribution in [1.82, 2.24) is 25.8 Å². The first-order chi connectivity index (χ1) is 15.7. The second kappa shape index (κ2) is 9.00. The molecule has 3 aromatic rings. The van der Waals surface area contributed by atoms with Crippen LogP contribution >= 0.6 is 12.4 Å². The normalized spacial score (nSPS) is 16.4. The second-order valence-corrected chi connectivity index (χ2v) is 10.3. The summed E-state index contributed by atoms with van der Waals surface area (Å²) in [6.07, 6.45) is 3.81. The lowest BCUT2D eigenvalue weighted by atomic mass is 9.74. The van der Waals surface area contributed by atoms with E-state index in [9.17, 15) is 4.79 Å². The van der Waals surface area contributed by atoms with Gasteiger partial charge in [-0.05, 0) is 29.7 Å². The summed E-state index contributed by atoms with van der Waals surface area (Å²) in [6.45, 7) is 12.7. The first kappa shape index (κ1) is 24.2. The highest BCUT2D eigenvalue weighted by Crippen LogP contribution is 2.41. The highest BCUT2D eigenvalue weighted by molar-refractivity contribution is 5.90. The fourth-order valence-corrected chi connectivity index (χ4v) is 4.45. The number of carbonyl (C=O) groups excluding carboxylic acids is 1. The Hall–Kier alpha value is -2.97. The molecule has 2 aliphatic rings. The predicted molar refractivity (Wildman–Crippen MR) is 133 cm³/mol. The smallest absolute Gasteiger partial charge is 0.292 e. The third-order valence-electron chi connectivity index (χ3n) is 6.56. The van der Waals surface area contributed by atoms with Gasteiger partial charge in [0, 0.05) is 55.3 Å². The second-order valence-electron chi connectivity index (χ2n) is 10.3. The first-order valence-corrected chi connectivity index (χ1v) is 11.4. The Morgan fingerprint density at radius 3 is 2.62 bits per heavy atom. The van der Waals surface area contributed by atoms with Crippen LogP contribution in [0.1, 0.15) is 48.4 Å². The molecule has 0 radical (unpaired) electrons. The molecular formula is C25H31ClN6O2. The van der Waals surface area contributed by atoms with Crippen LogP contribution in [-0.2, 0) is 12.0 Å². The maximum atomic E-state index is 12.5. The summed E-state index contributed by atoms with van der Waals surface area (Å²) < 4.78 is 5.22. The number of rotatable bonds is 5. The minimum atomic E-state index is -0.341. The maximum absolute atomic E-state index is 12.5. The van der Waals surface area contributed by atoms with Crippen LogP contribution in [-0.4, -0.2) is 47.2 Å². The number of halogens is 1. The Morgan fingerprint density at radius 1 is 1.24 bits per heavy atom. The molecule has 1 amide bonds. The minimum Gasteiger partial charge on any atom is -0.368 e. The average Bonchev–Trinajstić information content (AvgIpc) is 3.22. The van der Waals surface area contributed by atoms with Crippen molar-refractivity contribution >= 4 is 24.0 Å². The molecule has 1 spiro atoms. The van der Waals surface area contributed by atoms with Crippen molar-refractivity contribution in [2.45, 2.75) is 39.7 Å². The van der Waals surface area contributed by atoms with E-state index in [2.05, 4.69) is 61.8 Å². The summed E-state index contributed by atoms with van der Waals surface area (Å²) in [5, 5.41) is 10.1. The van der Waals surface area contributed by atoms with E-state index in [1.54, 1.807) is 0 Å². The van der Waals surface area contributed by atoms with Crippen molar-refractivity contribution < 1.29 is 9.32 Å². The SMILES string of the molecule is Cc1cc(-c2ccncc2N2CC3(CNC3)C2)ccc1CNC(=O)c1noc(C(C)(C)C)n1.Cl. The van der Waals surface area contributed by atoms with E-state index < -0.39 is 0 Å². The van der Waals surface area contributed by atoms with E-state index in [0.717, 1.165) is 42.9 Å². The standard InChI is InChI=1S/C25H30N6O2.ClH/c1-16-9-17(19-7-8-26-11-20(19)31-14-25(15-31)12-27-13-25)5-6-18(16)10-28-22(32)21-29-23(33-30-21)24(2,3)4;/h5-9,11,27H,10,12-15H2,1-4H3,(H,28,32);1H. The van der Waals surface area contributed by atoms with Crippen molar-refractivity contribution in [3.05, 3.63) is 59.5 Å². The summed E-state index contributed by atoms with van der Waals surface area (Å²) >= 11 is 0. The van der Waals surface area contributed by atoms with Gasteiger partial charge < -0.3 is 20.1 Å². The molecule has 2 N–H and O–H groups in total. The number of amides is 1. The Morgan fingerprint density at radius 2 is 2.00 bits per heavy atom. The van der Waals surface area contributed by atoms with E-state index in [0.29, 0.717) is 17.9 Å². The molecule has 4 heterocycles. The van der Waals surface area contributed by atoms with E-state index in [1.807, 2.05) is 33.2 Å². The van der Waals surface area contributed by atoms with Crippen molar-refractivity contribution in [2.75, 3.05) is 31.1 Å². The third-order valence-corrected chi connectivity index (χ3v) is 6.56. The number of hydrogen-bond donors (Lipinski definition) is 2. The van der Waals surface area contributed by atoms with Crippen LogP contribution in [0.15, 0.2) is 41.2 Å². The van der Waals surface area contributed by atoms with Crippen molar-refractivity contribution in [3.8, 4) is 11.1 Å². The molecule has 2 saturated heterocycles. The van der Waals surface area contributed by atoms with Crippen LogP contribution < -0.4 is 15.5 Å². The van der Waals surface area contributed by atoms with Crippen LogP contribution in [0.3, 0.4) is 0 Å². The number of aromatic nitrogens is 3. The van der Waals surface area contributed by atoms with E-state index in [4.69, 9.17) is 4.52 Å². The monoisotopic (exact) mass is 482 g/mol. The van der Waals surface area contributed by atoms with Gasteiger partial charge in [-0.15, -0.1) is 12.4 Å². The molecule has 8 nitrogen and oxygen atoms in total. The minimum absolute atomic E-state index is 0. The number of pyridine rings is 1. The number of nitrogens with one attached hydrogen (secondary N) is 2. The number of hydrogen-bond acceptors (Lipinski definition) is 7. The van der Waals surface area contributed by atoms with Gasteiger partial charge >= 0.3 is 0 Å². The van der Waals surface area contributed by atoms with Crippen LogP contribution in [0, 0.1) is 12.3 Å². The van der Waals surface area contributed by atoms with Crippen molar-refractivity contribution in [3.63, 3.8) is 0 Å². The Labute approximate surface area is 205 Å². The quantitative estimate of drug-likeness (QED) is 0.574. The molecule has 0 unspecified atom stereocenters. The molecule has 9 heteroatoms. The molecule has 34 heavy (non-hydrogen) atoms. The van der Waals surface area contributed by atoms with Gasteiger partial charge in [-0.3, -0.25) is 9.78 Å². The molecule has 0 bridgehead atoms. The van der Waals surface area contributed by atoms with Gasteiger partial charge in [-0.25, -0.2) is 0 Å². The number of carbonyl (C=O) groups is 1. The number of nitrogens with zero attached hydrogens (tertiary/aromatic N) is 4. The zero-order chi connectivity index (χ0) is 23.2. The van der Waals surface area contributed by atoms with E-state index in [1.165, 1.54) is 11.3 Å². The predicted octanol–water partition coefficient (Wildman–Crippen LogP) is 3.50. The molecule has 5 rings (SSSR count). The van der Waals surface area contributed by atoms with Crippen molar-refractivity contribution in [1.29, 1.82) is 0 Å². The Bertz CT molecular complexity index is 1190. The summed E-state index contributed by atoms with van der Waals surface area (Å²) in [6, 6.07) is 8.44. The zero-order valence-electron chi connectivity index (χ0n) is 20.0. The molecule has 2 fully saturated rings. The van der Waals surface area contributed by atoms with Crippen LogP contribution in [0.4, 0.5) is 5.69 Å². The lowest BCUT2D eigenvalue weighted by Crippen LogP contribution is -2.71. The highest BCUT2D eigenvalue weighted by atomic mass is 35.5. The molecule has 0 aliphatic carbocycles. The van der Waals surface area contributed by atoms with Gasteiger partial charge in [0.2, 0.25) is 5.89 Å². The molecule has 180 valence electrons. The van der Waals surface area contributed by atoms with Gasteiger partial charge in [0.25, 0.3) is 11.7 Å². The van der Waals surface area contributed by atoms with Gasteiger partial charge in [-0.1, -0.05) is 44.1 Å². The third kappa shape index (κ3) is 4.52. The molecular weight excluding hydrogens is 452 g/mol. The van der Waals surface area contributed by atoms with Crippen LogP contribution in [0.2, 0.25) is 0 Å². The molecule has 2 aromatic heterocycles. The number of aryl methyl sites for hydroxylation is 1. The highest BCUT2D eigenvalue weighted by Gasteiger charge is 2.48. The van der Waals surface area contributed by atoms with Gasteiger partial charge in [-0.2, -0.15) is 4.98 Å². The fourth-order valence-electron chi connectivity index (χ4n) is 4.45. The number of anilines is 1. The molecule has 2 aliphatic heterocycles.